The highest BCUT2D eigenvalue weighted by atomic mass is 32.1. The zero-order valence-corrected chi connectivity index (χ0v) is 13.8. The number of halogens is 3. The van der Waals surface area contributed by atoms with Gasteiger partial charge in [0.2, 0.25) is 11.7 Å². The van der Waals surface area contributed by atoms with Crippen LogP contribution >= 0.6 is 11.3 Å². The zero-order valence-electron chi connectivity index (χ0n) is 13.0. The third kappa shape index (κ3) is 5.55. The molecule has 11 heteroatoms. The average Bonchev–Trinajstić information content (AvgIpc) is 3.08. The summed E-state index contributed by atoms with van der Waals surface area (Å²) in [7, 11) is 0. The molecule has 0 radical (unpaired) electrons. The zero-order chi connectivity index (χ0) is 19.3. The maximum absolute atomic E-state index is 12.1. The number of primary amides is 1. The number of pyridine rings is 1. The van der Waals surface area contributed by atoms with Crippen molar-refractivity contribution >= 4 is 34.8 Å². The molecule has 0 spiro atoms. The van der Waals surface area contributed by atoms with Crippen molar-refractivity contribution in [2.24, 2.45) is 5.73 Å². The van der Waals surface area contributed by atoms with Crippen molar-refractivity contribution in [3.05, 3.63) is 45.8 Å². The minimum absolute atomic E-state index is 0.0284. The Kier molecular flexibility index (Phi) is 5.93. The van der Waals surface area contributed by atoms with Gasteiger partial charge in [-0.05, 0) is 18.2 Å². The quantitative estimate of drug-likeness (QED) is 0.557. The monoisotopic (exact) mass is 387 g/mol. The molecule has 7 nitrogen and oxygen atoms in total. The smallest absolute Gasteiger partial charge is 0.405 e. The molecule has 0 bridgehead atoms. The van der Waals surface area contributed by atoms with Gasteiger partial charge in [-0.25, -0.2) is 9.78 Å². The average molecular weight is 387 g/mol. The second kappa shape index (κ2) is 7.95. The van der Waals surface area contributed by atoms with Gasteiger partial charge >= 0.3 is 12.1 Å². The lowest BCUT2D eigenvalue weighted by Crippen LogP contribution is -2.21. The lowest BCUT2D eigenvalue weighted by molar-refractivity contribution is -0.115. The molecular weight excluding hydrogens is 375 g/mol. The maximum Gasteiger partial charge on any atom is 0.405 e. The van der Waals surface area contributed by atoms with Crippen molar-refractivity contribution in [1.29, 1.82) is 0 Å². The number of amides is 1. The lowest BCUT2D eigenvalue weighted by atomic mass is 10.2. The number of Topliss-reactive ketones (excluding diaryl/α,β-unsaturated/α-hetero) is 1. The number of anilines is 1. The van der Waals surface area contributed by atoms with E-state index in [2.05, 4.69) is 10.3 Å². The second-order valence-electron chi connectivity index (χ2n) is 4.96. The fourth-order valence-electron chi connectivity index (χ4n) is 1.71. The van der Waals surface area contributed by atoms with Gasteiger partial charge in [-0.15, -0.1) is 11.3 Å². The predicted molar refractivity (Wildman–Crippen MR) is 86.2 cm³/mol. The van der Waals surface area contributed by atoms with E-state index in [4.69, 9.17) is 10.5 Å². The van der Waals surface area contributed by atoms with Crippen molar-refractivity contribution in [3.8, 4) is 0 Å². The highest BCUT2D eigenvalue weighted by molar-refractivity contribution is 7.12. The van der Waals surface area contributed by atoms with Crippen molar-refractivity contribution in [1.82, 2.24) is 4.98 Å². The number of ether oxygens (including phenoxy) is 1. The summed E-state index contributed by atoms with van der Waals surface area (Å²) in [6, 6.07) is 3.70. The Balaban J connectivity index is 1.88. The SMILES string of the molecule is NC(=O)c1csc(C(=O)COC(=O)c2ccc(NCC(F)(F)F)nc2)c1. The van der Waals surface area contributed by atoms with Crippen LogP contribution in [0.15, 0.2) is 29.8 Å². The molecule has 2 rings (SSSR count). The first-order valence-electron chi connectivity index (χ1n) is 7.01. The Morgan fingerprint density at radius 2 is 1.96 bits per heavy atom. The number of carbonyl (C=O) groups is 3. The van der Waals surface area contributed by atoms with Gasteiger partial charge in [0.1, 0.15) is 12.4 Å². The number of aromatic nitrogens is 1. The summed E-state index contributed by atoms with van der Waals surface area (Å²) in [5.74, 6) is -2.12. The minimum Gasteiger partial charge on any atom is -0.454 e. The number of carbonyl (C=O) groups excluding carboxylic acids is 3. The van der Waals surface area contributed by atoms with Crippen LogP contribution in [-0.2, 0) is 4.74 Å². The van der Waals surface area contributed by atoms with E-state index in [-0.39, 0.29) is 21.8 Å². The largest absolute Gasteiger partial charge is 0.454 e. The predicted octanol–water partition coefficient (Wildman–Crippen LogP) is 2.26. The van der Waals surface area contributed by atoms with E-state index in [1.165, 1.54) is 23.6 Å². The number of ketones is 1. The Morgan fingerprint density at radius 3 is 2.50 bits per heavy atom. The molecule has 0 aromatic carbocycles. The van der Waals surface area contributed by atoms with Crippen LogP contribution < -0.4 is 11.1 Å². The van der Waals surface area contributed by atoms with Gasteiger partial charge in [0.15, 0.2) is 6.61 Å². The summed E-state index contributed by atoms with van der Waals surface area (Å²) in [4.78, 5) is 38.6. The number of nitrogens with zero attached hydrogens (tertiary/aromatic N) is 1. The van der Waals surface area contributed by atoms with Crippen LogP contribution in [-0.4, -0.2) is 42.0 Å². The molecule has 0 atom stereocenters. The lowest BCUT2D eigenvalue weighted by Gasteiger charge is -2.09. The summed E-state index contributed by atoms with van der Waals surface area (Å²) in [5, 5.41) is 3.47. The summed E-state index contributed by atoms with van der Waals surface area (Å²) < 4.78 is 41.1. The van der Waals surface area contributed by atoms with Crippen LogP contribution in [0.3, 0.4) is 0 Å². The van der Waals surface area contributed by atoms with Crippen LogP contribution in [0.1, 0.15) is 30.4 Å². The van der Waals surface area contributed by atoms with Gasteiger partial charge in [-0.2, -0.15) is 13.2 Å². The molecule has 0 fully saturated rings. The first-order valence-corrected chi connectivity index (χ1v) is 7.89. The molecular formula is C15H12F3N3O4S. The minimum atomic E-state index is -4.39. The summed E-state index contributed by atoms with van der Waals surface area (Å²) >= 11 is 0.989. The number of thiophene rings is 1. The Hall–Kier alpha value is -2.95. The molecule has 0 saturated heterocycles. The van der Waals surface area contributed by atoms with Gasteiger partial charge in [0, 0.05) is 11.6 Å². The third-order valence-electron chi connectivity index (χ3n) is 2.96. The van der Waals surface area contributed by atoms with E-state index in [1.807, 2.05) is 0 Å². The maximum atomic E-state index is 12.1. The van der Waals surface area contributed by atoms with E-state index in [0.717, 1.165) is 17.5 Å². The number of hydrogen-bond acceptors (Lipinski definition) is 7. The molecule has 0 aliphatic heterocycles. The van der Waals surface area contributed by atoms with E-state index >= 15 is 0 Å². The number of nitrogens with one attached hydrogen (secondary N) is 1. The summed E-state index contributed by atoms with van der Waals surface area (Å²) in [6.45, 7) is -1.82. The Labute approximate surface area is 149 Å². The molecule has 0 saturated carbocycles. The first kappa shape index (κ1) is 19.4. The number of nitrogens with two attached hydrogens (primary N) is 1. The van der Waals surface area contributed by atoms with Crippen LogP contribution in [0.25, 0.3) is 0 Å². The number of alkyl halides is 3. The molecule has 1 amide bonds. The van der Waals surface area contributed by atoms with Crippen LogP contribution in [0, 0.1) is 0 Å². The van der Waals surface area contributed by atoms with Gasteiger partial charge in [-0.1, -0.05) is 0 Å². The molecule has 3 N–H and O–H groups in total. The van der Waals surface area contributed by atoms with Gasteiger partial charge in [0.25, 0.3) is 0 Å². The normalized spacial score (nSPS) is 11.0. The van der Waals surface area contributed by atoms with Crippen LogP contribution in [0.5, 0.6) is 0 Å². The fourth-order valence-corrected chi connectivity index (χ4v) is 2.53. The number of rotatable bonds is 7. The van der Waals surface area contributed by atoms with Gasteiger partial charge in [0.05, 0.1) is 16.0 Å². The standard InChI is InChI=1S/C15H12F3N3O4S/c16-15(17,18)7-21-12-2-1-8(4-20-12)14(24)25-5-10(22)11-3-9(6-26-11)13(19)23/h1-4,6H,5,7H2,(H2,19,23)(H,20,21). The second-order valence-corrected chi connectivity index (χ2v) is 5.88. The summed E-state index contributed by atoms with van der Waals surface area (Å²) in [5.41, 5.74) is 5.23. The van der Waals surface area contributed by atoms with Crippen molar-refractivity contribution in [3.63, 3.8) is 0 Å². The molecule has 0 aliphatic carbocycles. The Bertz CT molecular complexity index is 818. The molecule has 26 heavy (non-hydrogen) atoms. The van der Waals surface area contributed by atoms with E-state index in [1.54, 1.807) is 0 Å². The topological polar surface area (TPSA) is 111 Å². The number of esters is 1. The van der Waals surface area contributed by atoms with Crippen molar-refractivity contribution < 1.29 is 32.3 Å². The van der Waals surface area contributed by atoms with Gasteiger partial charge < -0.3 is 15.8 Å². The number of hydrogen-bond donors (Lipinski definition) is 2. The molecule has 2 aromatic rings. The highest BCUT2D eigenvalue weighted by Gasteiger charge is 2.26. The van der Waals surface area contributed by atoms with E-state index < -0.39 is 37.0 Å². The fraction of sp³-hybridized carbons (Fsp3) is 0.200. The van der Waals surface area contributed by atoms with E-state index in [0.29, 0.717) is 0 Å². The highest BCUT2D eigenvalue weighted by Crippen LogP contribution is 2.17. The summed E-state index contributed by atoms with van der Waals surface area (Å²) in [6.07, 6.45) is -3.36. The van der Waals surface area contributed by atoms with Crippen LogP contribution in [0.4, 0.5) is 19.0 Å². The molecule has 0 aliphatic rings. The third-order valence-corrected chi connectivity index (χ3v) is 3.93. The molecule has 138 valence electrons. The van der Waals surface area contributed by atoms with E-state index in [9.17, 15) is 27.6 Å². The molecule has 2 heterocycles. The molecule has 0 unspecified atom stereocenters. The van der Waals surface area contributed by atoms with Crippen molar-refractivity contribution in [2.45, 2.75) is 6.18 Å². The molecule has 2 aromatic heterocycles. The van der Waals surface area contributed by atoms with Crippen LogP contribution in [0.2, 0.25) is 0 Å². The van der Waals surface area contributed by atoms with Gasteiger partial charge in [-0.3, -0.25) is 9.59 Å². The Morgan fingerprint density at radius 1 is 1.23 bits per heavy atom. The van der Waals surface area contributed by atoms with Crippen molar-refractivity contribution in [2.75, 3.05) is 18.5 Å². The first-order chi connectivity index (χ1) is 12.2.